The third-order valence-corrected chi connectivity index (χ3v) is 3.14. The summed E-state index contributed by atoms with van der Waals surface area (Å²) in [6.45, 7) is 0. The standard InChI is InChI=1S/C11H5N3O4S/c15-9-6-3-1-2-4-7(6)10(16)14(9)18-11(17)8-5-12-13-19-8/h1-5H. The summed E-state index contributed by atoms with van der Waals surface area (Å²) in [6.07, 6.45) is 1.20. The minimum Gasteiger partial charge on any atom is -0.323 e. The monoisotopic (exact) mass is 275 g/mol. The summed E-state index contributed by atoms with van der Waals surface area (Å²) in [7, 11) is 0. The molecule has 1 aliphatic heterocycles. The number of benzene rings is 1. The first-order chi connectivity index (χ1) is 9.18. The number of carbonyl (C=O) groups is 3. The Morgan fingerprint density at radius 2 is 1.79 bits per heavy atom. The van der Waals surface area contributed by atoms with Crippen LogP contribution in [0, 0.1) is 0 Å². The number of hydrogen-bond acceptors (Lipinski definition) is 7. The highest BCUT2D eigenvalue weighted by molar-refractivity contribution is 7.07. The van der Waals surface area contributed by atoms with Gasteiger partial charge in [-0.1, -0.05) is 21.7 Å². The van der Waals surface area contributed by atoms with Crippen LogP contribution < -0.4 is 0 Å². The number of fused-ring (bicyclic) bond motifs is 1. The second-order valence-corrected chi connectivity index (χ2v) is 4.40. The first-order valence-electron chi connectivity index (χ1n) is 5.16. The van der Waals surface area contributed by atoms with Crippen molar-refractivity contribution in [2.45, 2.75) is 0 Å². The molecule has 2 aromatic rings. The van der Waals surface area contributed by atoms with Gasteiger partial charge in [-0.2, -0.15) is 0 Å². The van der Waals surface area contributed by atoms with Crippen LogP contribution in [0.1, 0.15) is 30.4 Å². The maximum Gasteiger partial charge on any atom is 0.377 e. The molecule has 0 radical (unpaired) electrons. The van der Waals surface area contributed by atoms with Crippen LogP contribution in [-0.4, -0.2) is 32.4 Å². The predicted octanol–water partition coefficient (Wildman–Crippen LogP) is 0.906. The Bertz CT molecular complexity index is 648. The molecule has 8 heteroatoms. The maximum atomic E-state index is 11.9. The number of amides is 2. The van der Waals surface area contributed by atoms with Crippen LogP contribution in [-0.2, 0) is 4.84 Å². The van der Waals surface area contributed by atoms with Crippen LogP contribution in [0.2, 0.25) is 0 Å². The summed E-state index contributed by atoms with van der Waals surface area (Å²) in [5.41, 5.74) is 0.422. The summed E-state index contributed by atoms with van der Waals surface area (Å²) in [5.74, 6) is -2.16. The zero-order valence-electron chi connectivity index (χ0n) is 9.27. The average Bonchev–Trinajstić information content (AvgIpc) is 3.03. The van der Waals surface area contributed by atoms with Crippen molar-refractivity contribution in [2.75, 3.05) is 0 Å². The lowest BCUT2D eigenvalue weighted by Crippen LogP contribution is -2.32. The van der Waals surface area contributed by atoms with E-state index in [1.54, 1.807) is 12.1 Å². The number of nitrogens with zero attached hydrogens (tertiary/aromatic N) is 3. The summed E-state index contributed by atoms with van der Waals surface area (Å²) in [5, 5.41) is 3.93. The van der Waals surface area contributed by atoms with E-state index in [0.717, 1.165) is 11.5 Å². The minimum atomic E-state index is -0.843. The smallest absolute Gasteiger partial charge is 0.323 e. The molecule has 0 N–H and O–H groups in total. The first kappa shape index (κ1) is 11.5. The van der Waals surface area contributed by atoms with E-state index in [1.165, 1.54) is 18.3 Å². The van der Waals surface area contributed by atoms with Gasteiger partial charge in [-0.3, -0.25) is 9.59 Å². The Labute approximate surface area is 110 Å². The molecule has 7 nitrogen and oxygen atoms in total. The SMILES string of the molecule is O=C(ON1C(=O)c2ccccc2C1=O)c1cnns1. The van der Waals surface area contributed by atoms with E-state index in [2.05, 4.69) is 9.59 Å². The van der Waals surface area contributed by atoms with Crippen molar-refractivity contribution in [3.8, 4) is 0 Å². The molecule has 1 aromatic heterocycles. The lowest BCUT2D eigenvalue weighted by Gasteiger charge is -2.11. The topological polar surface area (TPSA) is 89.5 Å². The minimum absolute atomic E-state index is 0.108. The molecule has 3 rings (SSSR count). The fraction of sp³-hybridized carbons (Fsp3) is 0. The Kier molecular flexibility index (Phi) is 2.57. The van der Waals surface area contributed by atoms with Crippen LogP contribution >= 0.6 is 11.5 Å². The Morgan fingerprint density at radius 1 is 1.16 bits per heavy atom. The number of hydroxylamine groups is 2. The molecule has 1 aliphatic rings. The van der Waals surface area contributed by atoms with Gasteiger partial charge in [0.1, 0.15) is 0 Å². The number of aromatic nitrogens is 2. The zero-order valence-corrected chi connectivity index (χ0v) is 10.1. The molecular formula is C11H5N3O4S. The van der Waals surface area contributed by atoms with Crippen LogP contribution in [0.3, 0.4) is 0 Å². The molecule has 2 amide bonds. The fourth-order valence-electron chi connectivity index (χ4n) is 1.64. The molecular weight excluding hydrogens is 270 g/mol. The molecule has 19 heavy (non-hydrogen) atoms. The van der Waals surface area contributed by atoms with Crippen molar-refractivity contribution in [1.82, 2.24) is 14.7 Å². The highest BCUT2D eigenvalue weighted by Crippen LogP contribution is 2.23. The van der Waals surface area contributed by atoms with E-state index in [0.29, 0.717) is 5.06 Å². The lowest BCUT2D eigenvalue weighted by molar-refractivity contribution is -0.0581. The molecule has 0 unspecified atom stereocenters. The van der Waals surface area contributed by atoms with E-state index in [1.807, 2.05) is 0 Å². The molecule has 0 atom stereocenters. The molecule has 0 bridgehead atoms. The summed E-state index contributed by atoms with van der Waals surface area (Å²) in [6, 6.07) is 6.25. The van der Waals surface area contributed by atoms with Gasteiger partial charge in [-0.15, -0.1) is 5.10 Å². The number of hydrogen-bond donors (Lipinski definition) is 0. The number of carbonyl (C=O) groups excluding carboxylic acids is 3. The van der Waals surface area contributed by atoms with E-state index in [-0.39, 0.29) is 16.0 Å². The van der Waals surface area contributed by atoms with Crippen LogP contribution in [0.5, 0.6) is 0 Å². The molecule has 2 heterocycles. The van der Waals surface area contributed by atoms with Gasteiger partial charge >= 0.3 is 5.97 Å². The second-order valence-electron chi connectivity index (χ2n) is 3.61. The van der Waals surface area contributed by atoms with Gasteiger partial charge in [0.05, 0.1) is 17.3 Å². The summed E-state index contributed by atoms with van der Waals surface area (Å²) < 4.78 is 3.50. The summed E-state index contributed by atoms with van der Waals surface area (Å²) in [4.78, 5) is 40.4. The van der Waals surface area contributed by atoms with E-state index in [9.17, 15) is 14.4 Å². The zero-order chi connectivity index (χ0) is 13.4. The summed E-state index contributed by atoms with van der Waals surface area (Å²) >= 11 is 0.816. The van der Waals surface area contributed by atoms with Crippen molar-refractivity contribution >= 4 is 29.3 Å². The van der Waals surface area contributed by atoms with E-state index >= 15 is 0 Å². The normalized spacial score (nSPS) is 13.6. The van der Waals surface area contributed by atoms with Crippen LogP contribution in [0.15, 0.2) is 30.5 Å². The highest BCUT2D eigenvalue weighted by atomic mass is 32.1. The largest absolute Gasteiger partial charge is 0.377 e. The van der Waals surface area contributed by atoms with E-state index < -0.39 is 17.8 Å². The first-order valence-corrected chi connectivity index (χ1v) is 5.93. The molecule has 0 fully saturated rings. The second kappa shape index (κ2) is 4.25. The van der Waals surface area contributed by atoms with Gasteiger partial charge < -0.3 is 4.84 Å². The predicted molar refractivity (Wildman–Crippen MR) is 62.3 cm³/mol. The van der Waals surface area contributed by atoms with Crippen molar-refractivity contribution in [3.05, 3.63) is 46.5 Å². The van der Waals surface area contributed by atoms with E-state index in [4.69, 9.17) is 4.84 Å². The van der Waals surface area contributed by atoms with Crippen LogP contribution in [0.4, 0.5) is 0 Å². The van der Waals surface area contributed by atoms with Crippen LogP contribution in [0.25, 0.3) is 0 Å². The molecule has 1 aromatic carbocycles. The van der Waals surface area contributed by atoms with Gasteiger partial charge in [-0.05, 0) is 23.7 Å². The molecule has 94 valence electrons. The highest BCUT2D eigenvalue weighted by Gasteiger charge is 2.38. The van der Waals surface area contributed by atoms with Crippen molar-refractivity contribution < 1.29 is 19.2 Å². The molecule has 0 saturated carbocycles. The van der Waals surface area contributed by atoms with Crippen molar-refractivity contribution in [1.29, 1.82) is 0 Å². The molecule has 0 saturated heterocycles. The fourth-order valence-corrected chi connectivity index (χ4v) is 2.02. The number of imide groups is 1. The third kappa shape index (κ3) is 1.78. The van der Waals surface area contributed by atoms with Crippen molar-refractivity contribution in [3.63, 3.8) is 0 Å². The molecule has 0 spiro atoms. The Balaban J connectivity index is 1.87. The third-order valence-electron chi connectivity index (χ3n) is 2.49. The number of rotatable bonds is 2. The Morgan fingerprint density at radius 3 is 2.32 bits per heavy atom. The van der Waals surface area contributed by atoms with Gasteiger partial charge in [0.2, 0.25) is 0 Å². The van der Waals surface area contributed by atoms with Crippen molar-refractivity contribution in [2.24, 2.45) is 0 Å². The quantitative estimate of drug-likeness (QED) is 0.757. The van der Waals surface area contributed by atoms with Gasteiger partial charge in [-0.25, -0.2) is 4.79 Å². The Hall–Kier alpha value is -2.61. The van der Waals surface area contributed by atoms with Gasteiger partial charge in [0, 0.05) is 0 Å². The average molecular weight is 275 g/mol. The van der Waals surface area contributed by atoms with Gasteiger partial charge in [0.25, 0.3) is 11.8 Å². The van der Waals surface area contributed by atoms with Gasteiger partial charge in [0.15, 0.2) is 4.88 Å². The molecule has 0 aliphatic carbocycles. The lowest BCUT2D eigenvalue weighted by atomic mass is 10.1. The maximum absolute atomic E-state index is 11.9.